The maximum Gasteiger partial charge on any atom is 0.288 e. The fourth-order valence-electron chi connectivity index (χ4n) is 1.54. The highest BCUT2D eigenvalue weighted by Gasteiger charge is 2.12. The molecule has 0 saturated heterocycles. The van der Waals surface area contributed by atoms with Gasteiger partial charge >= 0.3 is 0 Å². The molecule has 1 aromatic rings. The van der Waals surface area contributed by atoms with Gasteiger partial charge in [-0.1, -0.05) is 31.9 Å². The van der Waals surface area contributed by atoms with Gasteiger partial charge in [0.15, 0.2) is 0 Å². The van der Waals surface area contributed by atoms with E-state index in [0.29, 0.717) is 18.3 Å². The van der Waals surface area contributed by atoms with Gasteiger partial charge in [-0.2, -0.15) is 0 Å². The van der Waals surface area contributed by atoms with E-state index in [9.17, 15) is 10.1 Å². The molecule has 0 saturated carbocycles. The Labute approximate surface area is 106 Å². The van der Waals surface area contributed by atoms with Crippen molar-refractivity contribution in [3.8, 4) is 5.75 Å². The lowest BCUT2D eigenvalue weighted by atomic mass is 10.1. The monoisotopic (exact) mass is 257 g/mol. The van der Waals surface area contributed by atoms with E-state index >= 15 is 0 Å². The number of hydrogen-bond acceptors (Lipinski definition) is 3. The van der Waals surface area contributed by atoms with Gasteiger partial charge in [-0.3, -0.25) is 10.1 Å². The largest absolute Gasteiger partial charge is 0.493 e. The molecule has 0 bridgehead atoms. The van der Waals surface area contributed by atoms with E-state index in [-0.39, 0.29) is 10.7 Å². The van der Waals surface area contributed by atoms with Crippen molar-refractivity contribution in [2.45, 2.75) is 26.7 Å². The van der Waals surface area contributed by atoms with Crippen LogP contribution in [0.3, 0.4) is 0 Å². The van der Waals surface area contributed by atoms with Gasteiger partial charge in [-0.15, -0.1) is 0 Å². The third kappa shape index (κ3) is 4.23. The minimum atomic E-state index is -0.508. The quantitative estimate of drug-likeness (QED) is 0.570. The van der Waals surface area contributed by atoms with E-state index in [2.05, 4.69) is 13.8 Å². The van der Waals surface area contributed by atoms with Crippen LogP contribution < -0.4 is 4.74 Å². The van der Waals surface area contributed by atoms with Crippen LogP contribution in [0.4, 0.5) is 5.69 Å². The van der Waals surface area contributed by atoms with Gasteiger partial charge in [0.25, 0.3) is 5.69 Å². The van der Waals surface area contributed by atoms with E-state index in [1.807, 2.05) is 0 Å². The molecule has 1 aromatic carbocycles. The second-order valence-electron chi connectivity index (χ2n) is 4.08. The van der Waals surface area contributed by atoms with Gasteiger partial charge in [-0.05, 0) is 18.4 Å². The fraction of sp³-hybridized carbons (Fsp3) is 0.500. The molecule has 0 radical (unpaired) electrons. The van der Waals surface area contributed by atoms with Crippen LogP contribution >= 0.6 is 11.6 Å². The first-order valence-electron chi connectivity index (χ1n) is 5.61. The Bertz CT molecular complexity index is 395. The Kier molecular flexibility index (Phi) is 5.22. The number of nitro benzene ring substituents is 1. The first-order chi connectivity index (χ1) is 8.04. The molecular weight excluding hydrogens is 242 g/mol. The standard InChI is InChI=1S/C12H16ClNO3/c1-3-4-9(2)8-17-10-5-6-12(14(15)16)11(13)7-10/h5-7,9H,3-4,8H2,1-2H3. The summed E-state index contributed by atoms with van der Waals surface area (Å²) in [7, 11) is 0. The summed E-state index contributed by atoms with van der Waals surface area (Å²) in [6, 6.07) is 4.42. The molecule has 0 aliphatic rings. The van der Waals surface area contributed by atoms with Crippen LogP contribution in [0.5, 0.6) is 5.75 Å². The summed E-state index contributed by atoms with van der Waals surface area (Å²) in [5.74, 6) is 1.04. The van der Waals surface area contributed by atoms with E-state index in [1.165, 1.54) is 12.1 Å². The molecule has 4 nitrogen and oxygen atoms in total. The van der Waals surface area contributed by atoms with Gasteiger partial charge in [0.1, 0.15) is 10.8 Å². The zero-order chi connectivity index (χ0) is 12.8. The topological polar surface area (TPSA) is 52.4 Å². The highest BCUT2D eigenvalue weighted by Crippen LogP contribution is 2.28. The van der Waals surface area contributed by atoms with Crippen molar-refractivity contribution >= 4 is 17.3 Å². The van der Waals surface area contributed by atoms with Gasteiger partial charge in [0, 0.05) is 12.1 Å². The molecule has 1 rings (SSSR count). The van der Waals surface area contributed by atoms with Crippen LogP contribution in [0.1, 0.15) is 26.7 Å². The van der Waals surface area contributed by atoms with Crippen LogP contribution in [0, 0.1) is 16.0 Å². The molecule has 1 atom stereocenters. The number of halogens is 1. The van der Waals surface area contributed by atoms with E-state index in [4.69, 9.17) is 16.3 Å². The minimum Gasteiger partial charge on any atom is -0.493 e. The Hall–Kier alpha value is -1.29. The SMILES string of the molecule is CCCC(C)COc1ccc([N+](=O)[O-])c(Cl)c1. The summed E-state index contributed by atoms with van der Waals surface area (Å²) >= 11 is 5.78. The molecule has 1 unspecified atom stereocenters. The number of ether oxygens (including phenoxy) is 1. The van der Waals surface area contributed by atoms with Crippen molar-refractivity contribution in [2.24, 2.45) is 5.92 Å². The second kappa shape index (κ2) is 6.45. The average Bonchev–Trinajstić information content (AvgIpc) is 2.26. The first-order valence-corrected chi connectivity index (χ1v) is 5.99. The van der Waals surface area contributed by atoms with Crippen molar-refractivity contribution in [3.05, 3.63) is 33.3 Å². The molecule has 0 aromatic heterocycles. The summed E-state index contributed by atoms with van der Waals surface area (Å²) < 4.78 is 5.53. The first kappa shape index (κ1) is 13.8. The van der Waals surface area contributed by atoms with E-state index in [0.717, 1.165) is 12.8 Å². The van der Waals surface area contributed by atoms with E-state index < -0.39 is 4.92 Å². The highest BCUT2D eigenvalue weighted by molar-refractivity contribution is 6.32. The molecule has 94 valence electrons. The summed E-state index contributed by atoms with van der Waals surface area (Å²) in [6.07, 6.45) is 2.21. The molecule has 0 aliphatic carbocycles. The van der Waals surface area contributed by atoms with Crippen molar-refractivity contribution in [3.63, 3.8) is 0 Å². The Morgan fingerprint density at radius 2 is 2.24 bits per heavy atom. The molecular formula is C12H16ClNO3. The van der Waals surface area contributed by atoms with Crippen molar-refractivity contribution in [1.82, 2.24) is 0 Å². The van der Waals surface area contributed by atoms with Gasteiger partial charge in [0.2, 0.25) is 0 Å². The van der Waals surface area contributed by atoms with Crippen molar-refractivity contribution < 1.29 is 9.66 Å². The van der Waals surface area contributed by atoms with Crippen LogP contribution in [-0.2, 0) is 0 Å². The molecule has 0 fully saturated rings. The zero-order valence-corrected chi connectivity index (χ0v) is 10.7. The Balaban J connectivity index is 2.62. The molecule has 0 amide bonds. The normalized spacial score (nSPS) is 12.2. The fourth-order valence-corrected chi connectivity index (χ4v) is 1.78. The smallest absolute Gasteiger partial charge is 0.288 e. The Morgan fingerprint density at radius 1 is 1.53 bits per heavy atom. The molecule has 0 N–H and O–H groups in total. The minimum absolute atomic E-state index is 0.0966. The lowest BCUT2D eigenvalue weighted by Gasteiger charge is -2.12. The van der Waals surface area contributed by atoms with Crippen molar-refractivity contribution in [2.75, 3.05) is 6.61 Å². The number of nitrogens with zero attached hydrogens (tertiary/aromatic N) is 1. The second-order valence-corrected chi connectivity index (χ2v) is 4.48. The van der Waals surface area contributed by atoms with E-state index in [1.54, 1.807) is 6.07 Å². The summed E-state index contributed by atoms with van der Waals surface area (Å²) in [5.41, 5.74) is -0.0966. The highest BCUT2D eigenvalue weighted by atomic mass is 35.5. The third-order valence-corrected chi connectivity index (χ3v) is 2.73. The van der Waals surface area contributed by atoms with Crippen LogP contribution in [0.2, 0.25) is 5.02 Å². The molecule has 0 spiro atoms. The predicted octanol–water partition coefficient (Wildman–Crippen LogP) is 4.06. The summed E-state index contributed by atoms with van der Waals surface area (Å²) in [4.78, 5) is 10.1. The lowest BCUT2D eigenvalue weighted by molar-refractivity contribution is -0.384. The molecule has 5 heteroatoms. The van der Waals surface area contributed by atoms with Crippen molar-refractivity contribution in [1.29, 1.82) is 0 Å². The maximum absolute atomic E-state index is 10.6. The maximum atomic E-state index is 10.6. The van der Waals surface area contributed by atoms with Crippen LogP contribution in [0.15, 0.2) is 18.2 Å². The van der Waals surface area contributed by atoms with Crippen LogP contribution in [-0.4, -0.2) is 11.5 Å². The van der Waals surface area contributed by atoms with Gasteiger partial charge < -0.3 is 4.74 Å². The Morgan fingerprint density at radius 3 is 2.76 bits per heavy atom. The summed E-state index contributed by atoms with van der Waals surface area (Å²) in [5, 5.41) is 10.7. The number of rotatable bonds is 6. The van der Waals surface area contributed by atoms with Gasteiger partial charge in [-0.25, -0.2) is 0 Å². The number of benzene rings is 1. The predicted molar refractivity (Wildman–Crippen MR) is 67.7 cm³/mol. The third-order valence-electron chi connectivity index (χ3n) is 2.43. The molecule has 17 heavy (non-hydrogen) atoms. The number of hydrogen-bond donors (Lipinski definition) is 0. The zero-order valence-electron chi connectivity index (χ0n) is 9.98. The number of nitro groups is 1. The average molecular weight is 258 g/mol. The van der Waals surface area contributed by atoms with Gasteiger partial charge in [0.05, 0.1) is 11.5 Å². The molecule has 0 aliphatic heterocycles. The summed E-state index contributed by atoms with van der Waals surface area (Å²) in [6.45, 7) is 4.83. The van der Waals surface area contributed by atoms with Crippen LogP contribution in [0.25, 0.3) is 0 Å². The lowest BCUT2D eigenvalue weighted by Crippen LogP contribution is -2.08. The molecule has 0 heterocycles.